The molecular weight excluding hydrogens is 488 g/mol. The van der Waals surface area contributed by atoms with Gasteiger partial charge < -0.3 is 15.0 Å². The molecule has 1 N–H and O–H groups in total. The number of carbonyl (C=O) groups excluding carboxylic acids is 1. The third kappa shape index (κ3) is 5.68. The second-order valence-corrected chi connectivity index (χ2v) is 10.8. The second-order valence-electron chi connectivity index (χ2n) is 8.47. The van der Waals surface area contributed by atoms with Crippen molar-refractivity contribution >= 4 is 27.7 Å². The predicted octanol–water partition coefficient (Wildman–Crippen LogP) is 3.60. The van der Waals surface area contributed by atoms with Crippen LogP contribution in [0.3, 0.4) is 0 Å². The van der Waals surface area contributed by atoms with E-state index in [9.17, 15) is 22.0 Å². The first-order valence-electron chi connectivity index (χ1n) is 11.1. The first-order chi connectivity index (χ1) is 16.2. The Bertz CT molecular complexity index is 1110. The first kappa shape index (κ1) is 24.8. The highest BCUT2D eigenvalue weighted by Gasteiger charge is 2.38. The van der Waals surface area contributed by atoms with Crippen molar-refractivity contribution in [1.29, 1.82) is 0 Å². The minimum Gasteiger partial charge on any atom is -0.448 e. The summed E-state index contributed by atoms with van der Waals surface area (Å²) in [5.74, 6) is -1.84. The zero-order chi connectivity index (χ0) is 24.3. The molecule has 7 nitrogen and oxygen atoms in total. The van der Waals surface area contributed by atoms with Crippen molar-refractivity contribution in [3.8, 4) is 0 Å². The Balaban J connectivity index is 1.57. The molecule has 0 unspecified atom stereocenters. The molecule has 1 amide bonds. The molecule has 4 rings (SSSR count). The van der Waals surface area contributed by atoms with E-state index in [1.807, 2.05) is 0 Å². The van der Waals surface area contributed by atoms with Gasteiger partial charge in [0.15, 0.2) is 0 Å². The Morgan fingerprint density at radius 1 is 1.06 bits per heavy atom. The number of carbonyl (C=O) groups is 1. The number of amides is 1. The molecule has 2 atom stereocenters. The van der Waals surface area contributed by atoms with Crippen LogP contribution in [0.1, 0.15) is 24.3 Å². The van der Waals surface area contributed by atoms with Crippen LogP contribution in [0, 0.1) is 11.6 Å². The lowest BCUT2D eigenvalue weighted by Gasteiger charge is -2.39. The molecule has 0 aliphatic carbocycles. The first-order valence-corrected chi connectivity index (χ1v) is 12.9. The van der Waals surface area contributed by atoms with Gasteiger partial charge in [-0.1, -0.05) is 11.6 Å². The molecule has 0 saturated carbocycles. The van der Waals surface area contributed by atoms with Gasteiger partial charge in [0.25, 0.3) is 0 Å². The molecule has 184 valence electrons. The maximum Gasteiger partial charge on any atom is 0.409 e. The van der Waals surface area contributed by atoms with Gasteiger partial charge in [0, 0.05) is 43.8 Å². The molecule has 11 heteroatoms. The van der Waals surface area contributed by atoms with E-state index < -0.39 is 39.7 Å². The minimum absolute atomic E-state index is 0.00368. The summed E-state index contributed by atoms with van der Waals surface area (Å²) in [7, 11) is -3.99. The number of hydrogen-bond acceptors (Lipinski definition) is 5. The van der Waals surface area contributed by atoms with Crippen LogP contribution in [0.2, 0.25) is 5.02 Å². The Hall–Kier alpha value is -2.27. The van der Waals surface area contributed by atoms with Gasteiger partial charge in [-0.3, -0.25) is 0 Å². The molecule has 2 fully saturated rings. The van der Waals surface area contributed by atoms with Crippen LogP contribution in [0.5, 0.6) is 0 Å². The van der Waals surface area contributed by atoms with Crippen molar-refractivity contribution in [3.63, 3.8) is 0 Å². The maximum absolute atomic E-state index is 13.8. The molecule has 0 spiro atoms. The van der Waals surface area contributed by atoms with Gasteiger partial charge in [0.05, 0.1) is 10.9 Å². The number of hydrogen-bond donors (Lipinski definition) is 1. The highest BCUT2D eigenvalue weighted by molar-refractivity contribution is 7.89. The van der Waals surface area contributed by atoms with Gasteiger partial charge >= 0.3 is 6.09 Å². The predicted molar refractivity (Wildman–Crippen MR) is 123 cm³/mol. The van der Waals surface area contributed by atoms with Crippen molar-refractivity contribution in [2.45, 2.75) is 29.7 Å². The molecule has 0 radical (unpaired) electrons. The zero-order valence-corrected chi connectivity index (χ0v) is 20.0. The van der Waals surface area contributed by atoms with E-state index in [2.05, 4.69) is 5.32 Å². The fourth-order valence-corrected chi connectivity index (χ4v) is 6.20. The summed E-state index contributed by atoms with van der Waals surface area (Å²) in [6.45, 7) is 2.26. The third-order valence-electron chi connectivity index (χ3n) is 6.21. The summed E-state index contributed by atoms with van der Waals surface area (Å²) in [6.07, 6.45) is 0.371. The maximum atomic E-state index is 13.8. The molecule has 2 aromatic rings. The Kier molecular flexibility index (Phi) is 7.71. The van der Waals surface area contributed by atoms with E-state index >= 15 is 0 Å². The number of halogens is 3. The normalized spacial score (nSPS) is 21.9. The van der Waals surface area contributed by atoms with Crippen LogP contribution in [0.25, 0.3) is 0 Å². The number of benzene rings is 2. The largest absolute Gasteiger partial charge is 0.448 e. The van der Waals surface area contributed by atoms with E-state index in [-0.39, 0.29) is 18.0 Å². The average Bonchev–Trinajstić information content (AvgIpc) is 2.82. The third-order valence-corrected chi connectivity index (χ3v) is 8.39. The number of rotatable bonds is 5. The molecule has 0 bridgehead atoms. The van der Waals surface area contributed by atoms with E-state index in [1.54, 1.807) is 4.90 Å². The summed E-state index contributed by atoms with van der Waals surface area (Å²) in [5, 5.41) is 3.55. The summed E-state index contributed by atoms with van der Waals surface area (Å²) in [6, 6.07) is 8.42. The van der Waals surface area contributed by atoms with E-state index in [0.29, 0.717) is 49.6 Å². The minimum atomic E-state index is -3.99. The number of nitrogens with one attached hydrogen (secondary N) is 1. The molecule has 2 aliphatic rings. The molecule has 2 heterocycles. The van der Waals surface area contributed by atoms with Gasteiger partial charge in [-0.05, 0) is 60.7 Å². The van der Waals surface area contributed by atoms with Crippen LogP contribution >= 0.6 is 11.6 Å². The smallest absolute Gasteiger partial charge is 0.409 e. The second kappa shape index (κ2) is 10.6. The Morgan fingerprint density at radius 2 is 1.71 bits per heavy atom. The highest BCUT2D eigenvalue weighted by Crippen LogP contribution is 2.35. The lowest BCUT2D eigenvalue weighted by atomic mass is 9.88. The van der Waals surface area contributed by atoms with Gasteiger partial charge in [-0.15, -0.1) is 0 Å². The standard InChI is InChI=1S/C23H26ClF2N3O4S/c24-18-2-5-22(6-3-18)34(31,32)29-14-16(17-11-19(25)13-20(26)12-17)1-4-21(29)15-33-23(30)28-9-7-27-8-10-28/h2-3,5-6,11-13,16,21,27H,1,4,7-10,14-15H2/t16-,21-/m1/s1. The van der Waals surface area contributed by atoms with Crippen molar-refractivity contribution in [3.05, 3.63) is 64.7 Å². The van der Waals surface area contributed by atoms with Crippen molar-refractivity contribution in [1.82, 2.24) is 14.5 Å². The molecule has 34 heavy (non-hydrogen) atoms. The monoisotopic (exact) mass is 513 g/mol. The topological polar surface area (TPSA) is 79.0 Å². The van der Waals surface area contributed by atoms with Gasteiger partial charge in [-0.2, -0.15) is 4.31 Å². The van der Waals surface area contributed by atoms with Crippen LogP contribution in [-0.2, 0) is 14.8 Å². The molecule has 2 aromatic carbocycles. The number of piperidine rings is 1. The zero-order valence-electron chi connectivity index (χ0n) is 18.4. The summed E-state index contributed by atoms with van der Waals surface area (Å²) in [5.41, 5.74) is 0.394. The molecule has 2 aliphatic heterocycles. The summed E-state index contributed by atoms with van der Waals surface area (Å²) in [4.78, 5) is 14.1. The number of sulfonamides is 1. The lowest BCUT2D eigenvalue weighted by Crippen LogP contribution is -2.50. The average molecular weight is 514 g/mol. The summed E-state index contributed by atoms with van der Waals surface area (Å²) >= 11 is 5.92. The SMILES string of the molecule is O=C(OC[C@H]1CC[C@@H](c2cc(F)cc(F)c2)CN1S(=O)(=O)c1ccc(Cl)cc1)N1CCNCC1. The van der Waals surface area contributed by atoms with Crippen LogP contribution in [0.4, 0.5) is 13.6 Å². The highest BCUT2D eigenvalue weighted by atomic mass is 35.5. The number of piperazine rings is 1. The van der Waals surface area contributed by atoms with Crippen molar-refractivity contribution in [2.24, 2.45) is 0 Å². The fourth-order valence-electron chi connectivity index (χ4n) is 4.39. The fraction of sp³-hybridized carbons (Fsp3) is 0.435. The van der Waals surface area contributed by atoms with Crippen LogP contribution < -0.4 is 5.32 Å². The molecule has 0 aromatic heterocycles. The Morgan fingerprint density at radius 3 is 2.35 bits per heavy atom. The van der Waals surface area contributed by atoms with E-state index in [4.69, 9.17) is 16.3 Å². The van der Waals surface area contributed by atoms with Gasteiger partial charge in [-0.25, -0.2) is 22.0 Å². The van der Waals surface area contributed by atoms with E-state index in [0.717, 1.165) is 6.07 Å². The molecular formula is C23H26ClF2N3O4S. The van der Waals surface area contributed by atoms with Crippen molar-refractivity contribution < 1.29 is 26.7 Å². The lowest BCUT2D eigenvalue weighted by molar-refractivity contribution is 0.0688. The number of ether oxygens (including phenoxy) is 1. The van der Waals surface area contributed by atoms with Crippen LogP contribution in [-0.4, -0.2) is 69.1 Å². The van der Waals surface area contributed by atoms with E-state index in [1.165, 1.54) is 40.7 Å². The Labute approximate surface area is 202 Å². The quantitative estimate of drug-likeness (QED) is 0.661. The molecule has 2 saturated heterocycles. The van der Waals surface area contributed by atoms with Gasteiger partial charge in [0.2, 0.25) is 10.0 Å². The summed E-state index contributed by atoms with van der Waals surface area (Å²) < 4.78 is 61.5. The van der Waals surface area contributed by atoms with Gasteiger partial charge in [0.1, 0.15) is 18.2 Å². The van der Waals surface area contributed by atoms with Crippen molar-refractivity contribution in [2.75, 3.05) is 39.3 Å². The number of nitrogens with zero attached hydrogens (tertiary/aromatic N) is 2. The van der Waals surface area contributed by atoms with Crippen LogP contribution in [0.15, 0.2) is 47.4 Å².